The number of halogens is 2. The van der Waals surface area contributed by atoms with Crippen molar-refractivity contribution in [2.75, 3.05) is 26.2 Å². The zero-order chi connectivity index (χ0) is 19.4. The molecule has 1 atom stereocenters. The minimum Gasteiger partial charge on any atom is -0.352 e. The van der Waals surface area contributed by atoms with Crippen molar-refractivity contribution in [3.8, 4) is 0 Å². The molecule has 0 bridgehead atoms. The lowest BCUT2D eigenvalue weighted by Gasteiger charge is -2.43. The van der Waals surface area contributed by atoms with Crippen LogP contribution in [-0.4, -0.2) is 54.0 Å². The zero-order valence-corrected chi connectivity index (χ0v) is 16.4. The van der Waals surface area contributed by atoms with E-state index in [1.165, 1.54) is 18.9 Å². The molecule has 0 aliphatic carbocycles. The summed E-state index contributed by atoms with van der Waals surface area (Å²) in [4.78, 5) is 17.6. The van der Waals surface area contributed by atoms with E-state index in [-0.39, 0.29) is 18.4 Å². The molecule has 1 aromatic rings. The van der Waals surface area contributed by atoms with Crippen molar-refractivity contribution in [1.82, 2.24) is 15.1 Å². The predicted molar refractivity (Wildman–Crippen MR) is 102 cm³/mol. The van der Waals surface area contributed by atoms with Gasteiger partial charge in [0, 0.05) is 25.2 Å². The van der Waals surface area contributed by atoms with E-state index in [1.807, 2.05) is 0 Å². The van der Waals surface area contributed by atoms with Gasteiger partial charge in [-0.05, 0) is 76.9 Å². The largest absolute Gasteiger partial charge is 0.352 e. The standard InChI is InChI=1S/C21H31F2N3O/c1-15(2)25-10-7-18(8-11-25)26-9-3-4-17(14-26)21(27)24-13-16-5-6-19(22)20(23)12-16/h5-6,12,15,17-18H,3-4,7-11,13-14H2,1-2H3,(H,24,27)/t17-/m0/s1. The fourth-order valence-electron chi connectivity index (χ4n) is 4.30. The number of rotatable bonds is 5. The van der Waals surface area contributed by atoms with Gasteiger partial charge in [0.1, 0.15) is 0 Å². The van der Waals surface area contributed by atoms with Crippen LogP contribution in [0, 0.1) is 17.6 Å². The molecule has 150 valence electrons. The van der Waals surface area contributed by atoms with Gasteiger partial charge in [0.15, 0.2) is 11.6 Å². The van der Waals surface area contributed by atoms with Gasteiger partial charge in [0.25, 0.3) is 0 Å². The second-order valence-corrected chi connectivity index (χ2v) is 8.16. The highest BCUT2D eigenvalue weighted by atomic mass is 19.2. The number of carbonyl (C=O) groups is 1. The van der Waals surface area contributed by atoms with Crippen LogP contribution in [0.4, 0.5) is 8.78 Å². The highest BCUT2D eigenvalue weighted by molar-refractivity contribution is 5.79. The second kappa shape index (κ2) is 9.11. The molecule has 2 aliphatic rings. The van der Waals surface area contributed by atoms with Gasteiger partial charge in [-0.2, -0.15) is 0 Å². The van der Waals surface area contributed by atoms with Gasteiger partial charge < -0.3 is 10.2 Å². The van der Waals surface area contributed by atoms with Gasteiger partial charge in [0.05, 0.1) is 5.92 Å². The topological polar surface area (TPSA) is 35.6 Å². The summed E-state index contributed by atoms with van der Waals surface area (Å²) in [5, 5.41) is 2.90. The number of nitrogens with one attached hydrogen (secondary N) is 1. The highest BCUT2D eigenvalue weighted by Crippen LogP contribution is 2.24. The van der Waals surface area contributed by atoms with Gasteiger partial charge >= 0.3 is 0 Å². The number of piperidine rings is 2. The molecule has 0 unspecified atom stereocenters. The number of amides is 1. The molecule has 0 saturated carbocycles. The molecule has 0 aromatic heterocycles. The van der Waals surface area contributed by atoms with Crippen LogP contribution in [0.2, 0.25) is 0 Å². The summed E-state index contributed by atoms with van der Waals surface area (Å²) in [6.45, 7) is 8.86. The maximum atomic E-state index is 13.3. The van der Waals surface area contributed by atoms with E-state index in [0.717, 1.165) is 51.2 Å². The smallest absolute Gasteiger partial charge is 0.224 e. The molecular weight excluding hydrogens is 348 g/mol. The fraction of sp³-hybridized carbons (Fsp3) is 0.667. The third kappa shape index (κ3) is 5.26. The van der Waals surface area contributed by atoms with Crippen LogP contribution in [-0.2, 0) is 11.3 Å². The molecular formula is C21H31F2N3O. The minimum atomic E-state index is -0.877. The normalized spacial score (nSPS) is 22.9. The van der Waals surface area contributed by atoms with Crippen molar-refractivity contribution in [2.24, 2.45) is 5.92 Å². The molecule has 1 aromatic carbocycles. The van der Waals surface area contributed by atoms with Gasteiger partial charge in [-0.1, -0.05) is 6.07 Å². The number of carbonyl (C=O) groups excluding carboxylic acids is 1. The SMILES string of the molecule is CC(C)N1CCC(N2CCC[C@H](C(=O)NCc3ccc(F)c(F)c3)C2)CC1. The Morgan fingerprint density at radius 1 is 1.15 bits per heavy atom. The molecule has 6 heteroatoms. The third-order valence-corrected chi connectivity index (χ3v) is 6.02. The van der Waals surface area contributed by atoms with Crippen LogP contribution in [0.5, 0.6) is 0 Å². The van der Waals surface area contributed by atoms with Gasteiger partial charge in [0.2, 0.25) is 5.91 Å². The molecule has 2 fully saturated rings. The van der Waals surface area contributed by atoms with Crippen LogP contribution in [0.15, 0.2) is 18.2 Å². The Morgan fingerprint density at radius 3 is 2.56 bits per heavy atom. The maximum absolute atomic E-state index is 13.3. The zero-order valence-electron chi connectivity index (χ0n) is 16.4. The van der Waals surface area contributed by atoms with Crippen molar-refractivity contribution in [3.63, 3.8) is 0 Å². The Kier molecular flexibility index (Phi) is 6.82. The summed E-state index contributed by atoms with van der Waals surface area (Å²) in [6.07, 6.45) is 4.27. The summed E-state index contributed by atoms with van der Waals surface area (Å²) in [5.74, 6) is -1.74. The van der Waals surface area contributed by atoms with Crippen molar-refractivity contribution >= 4 is 5.91 Å². The number of hydrogen-bond donors (Lipinski definition) is 1. The first kappa shape index (κ1) is 20.2. The first-order valence-electron chi connectivity index (χ1n) is 10.1. The summed E-state index contributed by atoms with van der Waals surface area (Å²) < 4.78 is 26.3. The number of benzene rings is 1. The Morgan fingerprint density at radius 2 is 1.89 bits per heavy atom. The average Bonchev–Trinajstić information content (AvgIpc) is 2.69. The molecule has 3 rings (SSSR count). The molecule has 1 N–H and O–H groups in total. The summed E-state index contributed by atoms with van der Waals surface area (Å²) in [6, 6.07) is 4.92. The third-order valence-electron chi connectivity index (χ3n) is 6.02. The monoisotopic (exact) mass is 379 g/mol. The molecule has 2 aliphatic heterocycles. The van der Waals surface area contributed by atoms with Crippen LogP contribution in [0.25, 0.3) is 0 Å². The summed E-state index contributed by atoms with van der Waals surface area (Å²) >= 11 is 0. The van der Waals surface area contributed by atoms with Crippen molar-refractivity contribution in [3.05, 3.63) is 35.4 Å². The van der Waals surface area contributed by atoms with E-state index in [0.29, 0.717) is 17.6 Å². The number of likely N-dealkylation sites (tertiary alicyclic amines) is 2. The fourth-order valence-corrected chi connectivity index (χ4v) is 4.30. The van der Waals surface area contributed by atoms with Gasteiger partial charge in [-0.25, -0.2) is 8.78 Å². The van der Waals surface area contributed by atoms with Gasteiger partial charge in [-0.15, -0.1) is 0 Å². The second-order valence-electron chi connectivity index (χ2n) is 8.16. The van der Waals surface area contributed by atoms with Crippen LogP contribution >= 0.6 is 0 Å². The van der Waals surface area contributed by atoms with Crippen molar-refractivity contribution in [2.45, 2.75) is 58.2 Å². The van der Waals surface area contributed by atoms with Crippen LogP contribution in [0.1, 0.15) is 45.1 Å². The lowest BCUT2D eigenvalue weighted by atomic mass is 9.93. The molecule has 1 amide bonds. The molecule has 2 saturated heterocycles. The van der Waals surface area contributed by atoms with E-state index >= 15 is 0 Å². The summed E-state index contributed by atoms with van der Waals surface area (Å²) in [5.41, 5.74) is 0.580. The lowest BCUT2D eigenvalue weighted by molar-refractivity contribution is -0.127. The molecule has 4 nitrogen and oxygen atoms in total. The Hall–Kier alpha value is -1.53. The molecule has 0 spiro atoms. The van der Waals surface area contributed by atoms with Crippen LogP contribution in [0.3, 0.4) is 0 Å². The Labute approximate surface area is 160 Å². The first-order valence-corrected chi connectivity index (χ1v) is 10.1. The van der Waals surface area contributed by atoms with Crippen LogP contribution < -0.4 is 5.32 Å². The number of hydrogen-bond acceptors (Lipinski definition) is 3. The van der Waals surface area contributed by atoms with E-state index in [1.54, 1.807) is 0 Å². The lowest BCUT2D eigenvalue weighted by Crippen LogP contribution is -2.51. The summed E-state index contributed by atoms with van der Waals surface area (Å²) in [7, 11) is 0. The Balaban J connectivity index is 1.48. The minimum absolute atomic E-state index is 0.0176. The van der Waals surface area contributed by atoms with Gasteiger partial charge in [-0.3, -0.25) is 9.69 Å². The predicted octanol–water partition coefficient (Wildman–Crippen LogP) is 3.17. The average molecular weight is 379 g/mol. The molecule has 2 heterocycles. The molecule has 0 radical (unpaired) electrons. The number of nitrogens with zero attached hydrogens (tertiary/aromatic N) is 2. The maximum Gasteiger partial charge on any atom is 0.224 e. The van der Waals surface area contributed by atoms with E-state index in [2.05, 4.69) is 29.0 Å². The van der Waals surface area contributed by atoms with E-state index in [4.69, 9.17) is 0 Å². The van der Waals surface area contributed by atoms with Crippen molar-refractivity contribution in [1.29, 1.82) is 0 Å². The quantitative estimate of drug-likeness (QED) is 0.854. The first-order chi connectivity index (χ1) is 12.9. The Bertz CT molecular complexity index is 644. The van der Waals surface area contributed by atoms with E-state index < -0.39 is 11.6 Å². The molecule has 27 heavy (non-hydrogen) atoms. The highest BCUT2D eigenvalue weighted by Gasteiger charge is 2.31. The van der Waals surface area contributed by atoms with Crippen molar-refractivity contribution < 1.29 is 13.6 Å². The van der Waals surface area contributed by atoms with E-state index in [9.17, 15) is 13.6 Å².